The Morgan fingerprint density at radius 1 is 1.35 bits per heavy atom. The summed E-state index contributed by atoms with van der Waals surface area (Å²) in [5.41, 5.74) is 6.04. The number of anilines is 1. The van der Waals surface area contributed by atoms with Gasteiger partial charge in [0.25, 0.3) is 0 Å². The SMILES string of the molecule is CCCCCCC(C)Oc1ncnc(Cl)c1N. The van der Waals surface area contributed by atoms with Crippen molar-refractivity contribution in [1.82, 2.24) is 9.97 Å². The molecule has 5 heteroatoms. The van der Waals surface area contributed by atoms with Crippen LogP contribution in [-0.2, 0) is 0 Å². The van der Waals surface area contributed by atoms with Gasteiger partial charge >= 0.3 is 0 Å². The summed E-state index contributed by atoms with van der Waals surface area (Å²) in [4.78, 5) is 7.76. The summed E-state index contributed by atoms with van der Waals surface area (Å²) < 4.78 is 5.65. The van der Waals surface area contributed by atoms with Gasteiger partial charge in [0.1, 0.15) is 12.0 Å². The minimum Gasteiger partial charge on any atom is -0.473 e. The van der Waals surface area contributed by atoms with E-state index in [-0.39, 0.29) is 11.3 Å². The highest BCUT2D eigenvalue weighted by Gasteiger charge is 2.10. The normalized spacial score (nSPS) is 12.4. The van der Waals surface area contributed by atoms with Gasteiger partial charge in [-0.2, -0.15) is 4.98 Å². The molecule has 96 valence electrons. The van der Waals surface area contributed by atoms with Crippen molar-refractivity contribution >= 4 is 17.3 Å². The summed E-state index contributed by atoms with van der Waals surface area (Å²) in [5, 5.41) is 0.244. The van der Waals surface area contributed by atoms with Crippen LogP contribution in [0.2, 0.25) is 5.15 Å². The van der Waals surface area contributed by atoms with Crippen LogP contribution >= 0.6 is 11.6 Å². The first-order valence-corrected chi connectivity index (χ1v) is 6.45. The Morgan fingerprint density at radius 3 is 2.82 bits per heavy atom. The maximum absolute atomic E-state index is 5.79. The molecule has 0 spiro atoms. The van der Waals surface area contributed by atoms with Gasteiger partial charge in [-0.15, -0.1) is 0 Å². The second kappa shape index (κ2) is 7.33. The van der Waals surface area contributed by atoms with E-state index >= 15 is 0 Å². The fraction of sp³-hybridized carbons (Fsp3) is 0.667. The van der Waals surface area contributed by atoms with Crippen LogP contribution in [0.3, 0.4) is 0 Å². The standard InChI is InChI=1S/C12H20ClN3O/c1-3-4-5-6-7-9(2)17-12-10(14)11(13)15-8-16-12/h8-9H,3-7,14H2,1-2H3. The van der Waals surface area contributed by atoms with Crippen LogP contribution in [0.1, 0.15) is 46.0 Å². The van der Waals surface area contributed by atoms with Crippen molar-refractivity contribution in [2.24, 2.45) is 0 Å². The molecule has 1 atom stereocenters. The summed E-state index contributed by atoms with van der Waals surface area (Å²) in [6, 6.07) is 0. The number of halogens is 1. The summed E-state index contributed by atoms with van der Waals surface area (Å²) >= 11 is 5.79. The average molecular weight is 258 g/mol. The van der Waals surface area contributed by atoms with E-state index in [1.807, 2.05) is 6.92 Å². The number of rotatable bonds is 7. The lowest BCUT2D eigenvalue weighted by atomic mass is 10.1. The zero-order valence-electron chi connectivity index (χ0n) is 10.4. The van der Waals surface area contributed by atoms with Crippen molar-refractivity contribution < 1.29 is 4.74 Å². The number of aromatic nitrogens is 2. The van der Waals surface area contributed by atoms with Gasteiger partial charge in [-0.1, -0.05) is 37.8 Å². The molecule has 1 heterocycles. The molecule has 0 fully saturated rings. The van der Waals surface area contributed by atoms with Gasteiger partial charge in [0.2, 0.25) is 5.88 Å². The van der Waals surface area contributed by atoms with E-state index in [1.54, 1.807) is 0 Å². The molecule has 0 saturated carbocycles. The van der Waals surface area contributed by atoms with Crippen LogP contribution in [0.4, 0.5) is 5.69 Å². The molecule has 0 saturated heterocycles. The van der Waals surface area contributed by atoms with E-state index in [2.05, 4.69) is 16.9 Å². The topological polar surface area (TPSA) is 61.0 Å². The molecule has 1 unspecified atom stereocenters. The number of hydrogen-bond donors (Lipinski definition) is 1. The maximum atomic E-state index is 5.79. The van der Waals surface area contributed by atoms with E-state index < -0.39 is 0 Å². The van der Waals surface area contributed by atoms with Gasteiger partial charge in [-0.05, 0) is 19.8 Å². The second-order valence-corrected chi connectivity index (χ2v) is 4.52. The highest BCUT2D eigenvalue weighted by molar-refractivity contribution is 6.32. The van der Waals surface area contributed by atoms with Crippen LogP contribution < -0.4 is 10.5 Å². The zero-order chi connectivity index (χ0) is 12.7. The second-order valence-electron chi connectivity index (χ2n) is 4.16. The Morgan fingerprint density at radius 2 is 2.12 bits per heavy atom. The molecule has 4 nitrogen and oxygen atoms in total. The van der Waals surface area contributed by atoms with Gasteiger partial charge in [0.15, 0.2) is 5.15 Å². The Kier molecular flexibility index (Phi) is 6.05. The van der Waals surface area contributed by atoms with Crippen LogP contribution in [-0.4, -0.2) is 16.1 Å². The lowest BCUT2D eigenvalue weighted by molar-refractivity contribution is 0.199. The van der Waals surface area contributed by atoms with Crippen molar-refractivity contribution in [2.45, 2.75) is 52.1 Å². The molecule has 0 aliphatic heterocycles. The fourth-order valence-corrected chi connectivity index (χ4v) is 1.69. The Bertz CT molecular complexity index is 347. The number of nitrogens with two attached hydrogens (primary N) is 1. The molecular weight excluding hydrogens is 238 g/mol. The summed E-state index contributed by atoms with van der Waals surface area (Å²) in [7, 11) is 0. The summed E-state index contributed by atoms with van der Waals surface area (Å²) in [6.45, 7) is 4.21. The van der Waals surface area contributed by atoms with Crippen molar-refractivity contribution in [3.05, 3.63) is 11.5 Å². The number of hydrogen-bond acceptors (Lipinski definition) is 4. The van der Waals surface area contributed by atoms with Crippen molar-refractivity contribution in [2.75, 3.05) is 5.73 Å². The van der Waals surface area contributed by atoms with Crippen LogP contribution in [0.15, 0.2) is 6.33 Å². The Hall–Kier alpha value is -1.03. The first-order chi connectivity index (χ1) is 8.15. The lowest BCUT2D eigenvalue weighted by Gasteiger charge is -2.14. The number of nitrogen functional groups attached to an aromatic ring is 1. The minimum atomic E-state index is 0.0973. The van der Waals surface area contributed by atoms with Crippen LogP contribution in [0, 0.1) is 0 Å². The third-order valence-corrected chi connectivity index (χ3v) is 2.88. The van der Waals surface area contributed by atoms with Gasteiger partial charge < -0.3 is 10.5 Å². The molecule has 17 heavy (non-hydrogen) atoms. The van der Waals surface area contributed by atoms with Crippen molar-refractivity contribution in [3.63, 3.8) is 0 Å². The molecule has 0 aromatic carbocycles. The zero-order valence-corrected chi connectivity index (χ0v) is 11.2. The van der Waals surface area contributed by atoms with Crippen molar-refractivity contribution in [3.8, 4) is 5.88 Å². The number of unbranched alkanes of at least 4 members (excludes halogenated alkanes) is 3. The molecular formula is C12H20ClN3O. The quantitative estimate of drug-likeness (QED) is 0.600. The minimum absolute atomic E-state index is 0.0973. The molecule has 0 radical (unpaired) electrons. The smallest absolute Gasteiger partial charge is 0.242 e. The molecule has 1 aromatic heterocycles. The molecule has 2 N–H and O–H groups in total. The maximum Gasteiger partial charge on any atom is 0.242 e. The number of ether oxygens (including phenoxy) is 1. The predicted molar refractivity (Wildman–Crippen MR) is 70.3 cm³/mol. The molecule has 0 aliphatic carbocycles. The van der Waals surface area contributed by atoms with Crippen molar-refractivity contribution in [1.29, 1.82) is 0 Å². The summed E-state index contributed by atoms with van der Waals surface area (Å²) in [6.07, 6.45) is 7.37. The van der Waals surface area contributed by atoms with Gasteiger partial charge in [0, 0.05) is 0 Å². The number of nitrogens with zero attached hydrogens (tertiary/aromatic N) is 2. The molecule has 0 bridgehead atoms. The van der Waals surface area contributed by atoms with E-state index in [9.17, 15) is 0 Å². The molecule has 1 rings (SSSR count). The van der Waals surface area contributed by atoms with Crippen LogP contribution in [0.5, 0.6) is 5.88 Å². The van der Waals surface area contributed by atoms with Crippen LogP contribution in [0.25, 0.3) is 0 Å². The average Bonchev–Trinajstić information content (AvgIpc) is 2.31. The van der Waals surface area contributed by atoms with Gasteiger partial charge in [-0.3, -0.25) is 0 Å². The highest BCUT2D eigenvalue weighted by atomic mass is 35.5. The first kappa shape index (κ1) is 14.0. The lowest BCUT2D eigenvalue weighted by Crippen LogP contribution is -2.14. The van der Waals surface area contributed by atoms with E-state index in [0.29, 0.717) is 11.6 Å². The van der Waals surface area contributed by atoms with E-state index in [1.165, 1.54) is 25.6 Å². The molecule has 1 aromatic rings. The third kappa shape index (κ3) is 4.77. The van der Waals surface area contributed by atoms with Gasteiger partial charge in [0.05, 0.1) is 6.10 Å². The Labute approximate surface area is 108 Å². The highest BCUT2D eigenvalue weighted by Crippen LogP contribution is 2.25. The van der Waals surface area contributed by atoms with Gasteiger partial charge in [-0.25, -0.2) is 4.98 Å². The van der Waals surface area contributed by atoms with E-state index in [0.717, 1.165) is 12.8 Å². The molecule has 0 amide bonds. The monoisotopic (exact) mass is 257 g/mol. The molecule has 0 aliphatic rings. The first-order valence-electron chi connectivity index (χ1n) is 6.07. The summed E-state index contributed by atoms with van der Waals surface area (Å²) in [5.74, 6) is 0.382. The van der Waals surface area contributed by atoms with E-state index in [4.69, 9.17) is 22.1 Å². The Balaban J connectivity index is 2.39. The third-order valence-electron chi connectivity index (χ3n) is 2.58. The fourth-order valence-electron chi connectivity index (χ4n) is 1.56. The predicted octanol–water partition coefficient (Wildman–Crippen LogP) is 3.45. The largest absolute Gasteiger partial charge is 0.473 e.